The van der Waals surface area contributed by atoms with Gasteiger partial charge in [-0.2, -0.15) is 9.99 Å². The first-order chi connectivity index (χ1) is 24.6. The van der Waals surface area contributed by atoms with Crippen molar-refractivity contribution < 1.29 is 19.5 Å². The number of anilines is 1. The lowest BCUT2D eigenvalue weighted by Crippen LogP contribution is -2.56. The molecule has 1 aliphatic heterocycles. The number of nitrogens with zero attached hydrogens (tertiary/aromatic N) is 6. The molecule has 11 heteroatoms. The molecule has 3 heterocycles. The predicted octanol–water partition coefficient (Wildman–Crippen LogP) is 5.15. The van der Waals surface area contributed by atoms with Gasteiger partial charge in [0.15, 0.2) is 22.8 Å². The first-order valence-corrected chi connectivity index (χ1v) is 16.4. The number of nitrogens with one attached hydrogen (secondary N) is 1. The number of rotatable bonds is 11. The Morgan fingerprint density at radius 2 is 1.46 bits per heavy atom. The molecule has 1 fully saturated rings. The summed E-state index contributed by atoms with van der Waals surface area (Å²) in [6.07, 6.45) is 0.287. The monoisotopic (exact) mass is 665 g/mol. The van der Waals surface area contributed by atoms with E-state index in [4.69, 9.17) is 24.8 Å². The SMILES string of the molecule is N#CCCOn1cnc2nc([C@H]3CN(C(c4ccccc4)(c4ccccc4)c4ccccc4)C[C@@H](CO)O3)nc(NC(=O)c3ccccc3)c21. The number of nitriles is 1. The Kier molecular flexibility index (Phi) is 9.57. The van der Waals surface area contributed by atoms with Crippen molar-refractivity contribution in [3.8, 4) is 6.07 Å². The van der Waals surface area contributed by atoms with Crippen molar-refractivity contribution in [1.29, 1.82) is 5.26 Å². The minimum Gasteiger partial charge on any atom is -0.411 e. The van der Waals surface area contributed by atoms with Crippen LogP contribution in [0.1, 0.15) is 45.4 Å². The highest BCUT2D eigenvalue weighted by molar-refractivity contribution is 6.06. The number of aromatic nitrogens is 4. The lowest BCUT2D eigenvalue weighted by Gasteiger charge is -2.50. The minimum atomic E-state index is -0.774. The molecule has 0 radical (unpaired) electrons. The summed E-state index contributed by atoms with van der Waals surface area (Å²) < 4.78 is 7.87. The average Bonchev–Trinajstić information content (AvgIpc) is 3.60. The standard InChI is InChI=1S/C39H35N7O4/c40-22-13-23-49-46-27-41-36-34(46)37(44-38(48)28-14-5-1-6-15-28)43-35(42-36)33-25-45(24-32(26-47)50-33)39(29-16-7-2-8-17-29,30-18-9-3-10-19-30)31-20-11-4-12-21-31/h1-12,14-21,27,32-33,47H,13,23-26H2,(H,42,43,44,48)/t32-,33+/m0/s1. The molecular formula is C39H35N7O4. The van der Waals surface area contributed by atoms with Crippen molar-refractivity contribution in [2.45, 2.75) is 24.2 Å². The van der Waals surface area contributed by atoms with Gasteiger partial charge in [0.05, 0.1) is 30.7 Å². The van der Waals surface area contributed by atoms with E-state index in [1.165, 1.54) is 11.1 Å². The van der Waals surface area contributed by atoms with E-state index in [1.54, 1.807) is 24.3 Å². The maximum Gasteiger partial charge on any atom is 0.256 e. The zero-order valence-electron chi connectivity index (χ0n) is 27.2. The highest BCUT2D eigenvalue weighted by Crippen LogP contribution is 2.45. The van der Waals surface area contributed by atoms with E-state index in [-0.39, 0.29) is 42.8 Å². The topological polar surface area (TPSA) is 138 Å². The second-order valence-electron chi connectivity index (χ2n) is 11.9. The van der Waals surface area contributed by atoms with Gasteiger partial charge in [-0.25, -0.2) is 15.0 Å². The molecule has 1 amide bonds. The normalized spacial score (nSPS) is 16.5. The summed E-state index contributed by atoms with van der Waals surface area (Å²) >= 11 is 0. The number of fused-ring (bicyclic) bond motifs is 1. The zero-order chi connectivity index (χ0) is 34.3. The number of carbonyl (C=O) groups excluding carboxylic acids is 1. The molecule has 11 nitrogen and oxygen atoms in total. The molecule has 7 rings (SSSR count). The average molecular weight is 666 g/mol. The van der Waals surface area contributed by atoms with Crippen LogP contribution < -0.4 is 10.2 Å². The van der Waals surface area contributed by atoms with Gasteiger partial charge >= 0.3 is 0 Å². The first kappa shape index (κ1) is 32.6. The summed E-state index contributed by atoms with van der Waals surface area (Å²) in [6.45, 7) is 0.622. The van der Waals surface area contributed by atoms with Crippen LogP contribution in [0.25, 0.3) is 11.2 Å². The van der Waals surface area contributed by atoms with Gasteiger partial charge in [0, 0.05) is 18.7 Å². The van der Waals surface area contributed by atoms with Gasteiger partial charge in [0.2, 0.25) is 0 Å². The second-order valence-corrected chi connectivity index (χ2v) is 11.9. The first-order valence-electron chi connectivity index (χ1n) is 16.4. The number of morpholine rings is 1. The van der Waals surface area contributed by atoms with Gasteiger partial charge in [-0.05, 0) is 28.8 Å². The third kappa shape index (κ3) is 6.31. The third-order valence-corrected chi connectivity index (χ3v) is 8.81. The summed E-state index contributed by atoms with van der Waals surface area (Å²) in [4.78, 5) is 35.7. The number of hydrogen-bond donors (Lipinski definition) is 2. The van der Waals surface area contributed by atoms with Gasteiger partial charge in [0.25, 0.3) is 5.91 Å². The summed E-state index contributed by atoms with van der Waals surface area (Å²) in [5.41, 5.74) is 3.44. The maximum atomic E-state index is 13.4. The molecule has 2 atom stereocenters. The van der Waals surface area contributed by atoms with E-state index in [9.17, 15) is 9.90 Å². The lowest BCUT2D eigenvalue weighted by molar-refractivity contribution is -0.124. The second kappa shape index (κ2) is 14.7. The Morgan fingerprint density at radius 3 is 2.02 bits per heavy atom. The van der Waals surface area contributed by atoms with Crippen LogP contribution in [-0.4, -0.2) is 68.0 Å². The molecule has 6 aromatic rings. The Morgan fingerprint density at radius 1 is 0.880 bits per heavy atom. The fourth-order valence-electron chi connectivity index (χ4n) is 6.65. The van der Waals surface area contributed by atoms with E-state index in [2.05, 4.69) is 57.7 Å². The van der Waals surface area contributed by atoms with E-state index in [0.29, 0.717) is 24.2 Å². The molecule has 4 aromatic carbocycles. The number of imidazole rings is 1. The van der Waals surface area contributed by atoms with E-state index >= 15 is 0 Å². The van der Waals surface area contributed by atoms with Crippen molar-refractivity contribution in [2.75, 3.05) is 31.6 Å². The minimum absolute atomic E-state index is 0.106. The van der Waals surface area contributed by atoms with Gasteiger partial charge < -0.3 is 20.0 Å². The van der Waals surface area contributed by atoms with Crippen LogP contribution in [0.4, 0.5) is 5.82 Å². The quantitative estimate of drug-likeness (QED) is 0.142. The highest BCUT2D eigenvalue weighted by Gasteiger charge is 2.46. The molecule has 1 aliphatic rings. The van der Waals surface area contributed by atoms with Crippen molar-refractivity contribution in [2.24, 2.45) is 0 Å². The van der Waals surface area contributed by atoms with Crippen molar-refractivity contribution in [3.63, 3.8) is 0 Å². The lowest BCUT2D eigenvalue weighted by atomic mass is 9.75. The molecule has 250 valence electrons. The zero-order valence-corrected chi connectivity index (χ0v) is 27.2. The van der Waals surface area contributed by atoms with Gasteiger partial charge in [0.1, 0.15) is 19.0 Å². The van der Waals surface area contributed by atoms with Crippen LogP contribution in [-0.2, 0) is 10.3 Å². The molecule has 50 heavy (non-hydrogen) atoms. The summed E-state index contributed by atoms with van der Waals surface area (Å²) in [6, 6.07) is 41.8. The van der Waals surface area contributed by atoms with Gasteiger partial charge in [-0.15, -0.1) is 0 Å². The number of ether oxygens (including phenoxy) is 1. The number of aliphatic hydroxyl groups is 1. The van der Waals surface area contributed by atoms with E-state index in [0.717, 1.165) is 16.7 Å². The smallest absolute Gasteiger partial charge is 0.256 e. The maximum absolute atomic E-state index is 13.4. The Labute approximate surface area is 289 Å². The number of aliphatic hydroxyl groups excluding tert-OH is 1. The summed E-state index contributed by atoms with van der Waals surface area (Å²) in [7, 11) is 0. The predicted molar refractivity (Wildman–Crippen MR) is 187 cm³/mol. The van der Waals surface area contributed by atoms with Crippen molar-refractivity contribution in [3.05, 3.63) is 156 Å². The molecule has 0 unspecified atom stereocenters. The number of carbonyl (C=O) groups is 1. The summed E-state index contributed by atoms with van der Waals surface area (Å²) in [5, 5.41) is 22.6. The van der Waals surface area contributed by atoms with Crippen LogP contribution >= 0.6 is 0 Å². The van der Waals surface area contributed by atoms with Crippen LogP contribution in [0, 0.1) is 11.3 Å². The van der Waals surface area contributed by atoms with E-state index < -0.39 is 17.7 Å². The number of benzene rings is 4. The number of amides is 1. The Balaban J connectivity index is 1.36. The molecular weight excluding hydrogens is 630 g/mol. The molecule has 2 aromatic heterocycles. The van der Waals surface area contributed by atoms with Crippen LogP contribution in [0.3, 0.4) is 0 Å². The fraction of sp³-hybridized carbons (Fsp3) is 0.205. The molecule has 0 spiro atoms. The van der Waals surface area contributed by atoms with Crippen molar-refractivity contribution >= 4 is 22.9 Å². The fourth-order valence-corrected chi connectivity index (χ4v) is 6.65. The third-order valence-electron chi connectivity index (χ3n) is 8.81. The Hall–Kier alpha value is -5.93. The highest BCUT2D eigenvalue weighted by atomic mass is 16.7. The van der Waals surface area contributed by atoms with E-state index in [1.807, 2.05) is 60.7 Å². The van der Waals surface area contributed by atoms with Crippen molar-refractivity contribution in [1.82, 2.24) is 24.6 Å². The largest absolute Gasteiger partial charge is 0.411 e. The molecule has 1 saturated heterocycles. The van der Waals surface area contributed by atoms with Gasteiger partial charge in [-0.1, -0.05) is 109 Å². The summed E-state index contributed by atoms with van der Waals surface area (Å²) in [5.74, 6) is 0.0846. The van der Waals surface area contributed by atoms with Crippen LogP contribution in [0.5, 0.6) is 0 Å². The molecule has 0 saturated carbocycles. The molecule has 2 N–H and O–H groups in total. The number of hydrogen-bond acceptors (Lipinski definition) is 9. The Bertz CT molecular complexity index is 1990. The van der Waals surface area contributed by atoms with Gasteiger partial charge in [-0.3, -0.25) is 9.69 Å². The van der Waals surface area contributed by atoms with Crippen LogP contribution in [0.2, 0.25) is 0 Å². The van der Waals surface area contributed by atoms with Crippen LogP contribution in [0.15, 0.2) is 128 Å². The molecule has 0 bridgehead atoms. The molecule has 0 aliphatic carbocycles.